The molecule has 8 rings (SSSR count). The van der Waals surface area contributed by atoms with Crippen LogP contribution in [0.3, 0.4) is 0 Å². The van der Waals surface area contributed by atoms with Crippen LogP contribution in [0.25, 0.3) is 49.7 Å². The van der Waals surface area contributed by atoms with Gasteiger partial charge in [0.2, 0.25) is 0 Å². The highest BCUT2D eigenvalue weighted by Gasteiger charge is 2.22. The summed E-state index contributed by atoms with van der Waals surface area (Å²) >= 11 is 0. The zero-order valence-electron chi connectivity index (χ0n) is 23.7. The minimum atomic E-state index is 0.395. The summed E-state index contributed by atoms with van der Waals surface area (Å²) < 4.78 is 2.32. The van der Waals surface area contributed by atoms with Crippen molar-refractivity contribution in [2.45, 2.75) is 13.0 Å². The Morgan fingerprint density at radius 1 is 0.651 bits per heavy atom. The first-order valence-electron chi connectivity index (χ1n) is 14.7. The lowest BCUT2D eigenvalue weighted by Gasteiger charge is -2.14. The fraction of sp³-hybridized carbons (Fsp3) is 0.0500. The fourth-order valence-corrected chi connectivity index (χ4v) is 6.62. The number of hydrogen-bond acceptors (Lipinski definition) is 2. The van der Waals surface area contributed by atoms with Gasteiger partial charge in [0.25, 0.3) is 0 Å². The van der Waals surface area contributed by atoms with Crippen LogP contribution in [0.4, 0.5) is 0 Å². The van der Waals surface area contributed by atoms with Crippen molar-refractivity contribution in [1.82, 2.24) is 4.57 Å². The number of aliphatic imine (C=N–C) groups is 1. The van der Waals surface area contributed by atoms with Gasteiger partial charge in [-0.15, -0.1) is 0 Å². The summed E-state index contributed by atoms with van der Waals surface area (Å²) in [7, 11) is 0. The average Bonchev–Trinajstić information content (AvgIpc) is 3.60. The molecule has 0 fully saturated rings. The Morgan fingerprint density at radius 2 is 1.37 bits per heavy atom. The highest BCUT2D eigenvalue weighted by Crippen LogP contribution is 2.44. The molecular formula is C40H29N3. The van der Waals surface area contributed by atoms with Crippen LogP contribution >= 0.6 is 0 Å². The maximum atomic E-state index is 9.02. The molecule has 1 heterocycles. The quantitative estimate of drug-likeness (QED) is 0.200. The lowest BCUT2D eigenvalue weighted by atomic mass is 9.93. The Morgan fingerprint density at radius 3 is 2.30 bits per heavy atom. The molecule has 1 N–H and O–H groups in total. The maximum Gasteiger partial charge on any atom is 0.0811 e. The lowest BCUT2D eigenvalue weighted by Crippen LogP contribution is -2.07. The summed E-state index contributed by atoms with van der Waals surface area (Å²) in [5.74, 6) is 0. The van der Waals surface area contributed by atoms with E-state index in [9.17, 15) is 0 Å². The van der Waals surface area contributed by atoms with Gasteiger partial charge in [0.05, 0.1) is 29.0 Å². The summed E-state index contributed by atoms with van der Waals surface area (Å²) in [6.45, 7) is 0.550. The first kappa shape index (κ1) is 25.2. The van der Waals surface area contributed by atoms with E-state index in [1.54, 1.807) is 6.21 Å². The molecule has 0 spiro atoms. The Bertz CT molecular complexity index is 2200. The number of para-hydroxylation sites is 2. The number of benzene rings is 6. The topological polar surface area (TPSA) is 41.1 Å². The van der Waals surface area contributed by atoms with Gasteiger partial charge in [0.15, 0.2) is 0 Å². The second-order valence-corrected chi connectivity index (χ2v) is 11.1. The molecule has 7 aromatic rings. The van der Waals surface area contributed by atoms with Crippen molar-refractivity contribution in [3.05, 3.63) is 162 Å². The number of hydrogen-bond donors (Lipinski definition) is 1. The van der Waals surface area contributed by atoms with Crippen molar-refractivity contribution in [2.75, 3.05) is 0 Å². The SMILES string of the molecule is N=C(/C=N\Cc1ccccc1)c1ccccc1-n1c2ccccc2c2ccc(-c3cccc4c3-c3ccccc3C4)cc21. The monoisotopic (exact) mass is 551 g/mol. The molecule has 0 radical (unpaired) electrons. The van der Waals surface area contributed by atoms with Gasteiger partial charge in [0.1, 0.15) is 0 Å². The highest BCUT2D eigenvalue weighted by atomic mass is 15.0. The van der Waals surface area contributed by atoms with Crippen LogP contribution in [0.5, 0.6) is 0 Å². The maximum absolute atomic E-state index is 9.02. The molecular weight excluding hydrogens is 522 g/mol. The standard InChI is InChI=1S/C40H29N3/c41-36(26-42-25-27-11-2-1-3-12-27)35-17-7-9-20-38(35)43-37-19-8-6-16-33(37)34-22-21-29(24-39(34)43)32-18-10-14-30-23-28-13-4-5-15-31(28)40(30)32/h1-22,24,26,41H,23,25H2/b41-36?,42-26-. The number of rotatable bonds is 6. The summed E-state index contributed by atoms with van der Waals surface area (Å²) in [6.07, 6.45) is 2.67. The van der Waals surface area contributed by atoms with E-state index in [0.29, 0.717) is 12.3 Å². The second kappa shape index (κ2) is 10.4. The van der Waals surface area contributed by atoms with Gasteiger partial charge in [-0.05, 0) is 63.6 Å². The zero-order valence-corrected chi connectivity index (χ0v) is 23.7. The molecule has 0 aliphatic heterocycles. The van der Waals surface area contributed by atoms with E-state index in [4.69, 9.17) is 5.41 Å². The van der Waals surface area contributed by atoms with E-state index in [-0.39, 0.29) is 0 Å². The van der Waals surface area contributed by atoms with Gasteiger partial charge in [0, 0.05) is 22.6 Å². The van der Waals surface area contributed by atoms with Crippen LogP contribution in [0, 0.1) is 5.41 Å². The van der Waals surface area contributed by atoms with Crippen LogP contribution in [0.2, 0.25) is 0 Å². The first-order valence-corrected chi connectivity index (χ1v) is 14.7. The Kier molecular flexibility index (Phi) is 6.08. The van der Waals surface area contributed by atoms with Gasteiger partial charge in [-0.25, -0.2) is 0 Å². The van der Waals surface area contributed by atoms with Gasteiger partial charge in [-0.3, -0.25) is 10.4 Å². The second-order valence-electron chi connectivity index (χ2n) is 11.1. The minimum Gasteiger partial charge on any atom is -0.309 e. The van der Waals surface area contributed by atoms with Crippen molar-refractivity contribution in [1.29, 1.82) is 5.41 Å². The van der Waals surface area contributed by atoms with E-state index in [0.717, 1.165) is 34.3 Å². The van der Waals surface area contributed by atoms with Crippen molar-refractivity contribution in [3.63, 3.8) is 0 Å². The largest absolute Gasteiger partial charge is 0.309 e. The third kappa shape index (κ3) is 4.29. The van der Waals surface area contributed by atoms with Gasteiger partial charge >= 0.3 is 0 Å². The predicted octanol–water partition coefficient (Wildman–Crippen LogP) is 9.66. The number of nitrogens with one attached hydrogen (secondary N) is 1. The third-order valence-corrected chi connectivity index (χ3v) is 8.58. The smallest absolute Gasteiger partial charge is 0.0811 e. The molecule has 0 bridgehead atoms. The molecule has 204 valence electrons. The van der Waals surface area contributed by atoms with Crippen molar-refractivity contribution in [2.24, 2.45) is 4.99 Å². The number of aromatic nitrogens is 1. The predicted molar refractivity (Wildman–Crippen MR) is 180 cm³/mol. The molecule has 6 aromatic carbocycles. The van der Waals surface area contributed by atoms with Crippen molar-refractivity contribution >= 4 is 33.7 Å². The average molecular weight is 552 g/mol. The van der Waals surface area contributed by atoms with E-state index in [1.165, 1.54) is 44.2 Å². The van der Waals surface area contributed by atoms with Crippen molar-refractivity contribution in [3.8, 4) is 27.9 Å². The summed E-state index contributed by atoms with van der Waals surface area (Å²) in [6, 6.07) is 49.3. The molecule has 0 amide bonds. The van der Waals surface area contributed by atoms with Crippen LogP contribution < -0.4 is 0 Å². The van der Waals surface area contributed by atoms with Gasteiger partial charge in [-0.2, -0.15) is 0 Å². The molecule has 0 atom stereocenters. The summed E-state index contributed by atoms with van der Waals surface area (Å²) in [5, 5.41) is 11.4. The molecule has 43 heavy (non-hydrogen) atoms. The molecule has 3 nitrogen and oxygen atoms in total. The number of nitrogens with zero attached hydrogens (tertiary/aromatic N) is 2. The Hall–Kier alpha value is -5.54. The fourth-order valence-electron chi connectivity index (χ4n) is 6.62. The molecule has 0 saturated carbocycles. The Labute approximate surface area is 250 Å². The molecule has 1 aliphatic carbocycles. The summed E-state index contributed by atoms with van der Waals surface area (Å²) in [4.78, 5) is 4.61. The first-order chi connectivity index (χ1) is 21.3. The molecule has 0 saturated heterocycles. The molecule has 3 heteroatoms. The normalized spacial score (nSPS) is 12.2. The molecule has 1 aromatic heterocycles. The molecule has 1 aliphatic rings. The van der Waals surface area contributed by atoms with Crippen molar-refractivity contribution < 1.29 is 0 Å². The Balaban J connectivity index is 1.29. The van der Waals surface area contributed by atoms with Crippen LogP contribution in [0.15, 0.2) is 145 Å². The minimum absolute atomic E-state index is 0.395. The van der Waals surface area contributed by atoms with Gasteiger partial charge in [-0.1, -0.05) is 121 Å². The van der Waals surface area contributed by atoms with Gasteiger partial charge < -0.3 is 4.57 Å². The highest BCUT2D eigenvalue weighted by molar-refractivity contribution is 6.38. The van der Waals surface area contributed by atoms with E-state index in [2.05, 4.69) is 119 Å². The van der Waals surface area contributed by atoms with Crippen LogP contribution in [-0.4, -0.2) is 16.5 Å². The lowest BCUT2D eigenvalue weighted by molar-refractivity contribution is 1.08. The van der Waals surface area contributed by atoms with E-state index < -0.39 is 0 Å². The number of fused-ring (bicyclic) bond motifs is 6. The molecule has 0 unspecified atom stereocenters. The summed E-state index contributed by atoms with van der Waals surface area (Å²) in [5.41, 5.74) is 13.5. The van der Waals surface area contributed by atoms with E-state index in [1.807, 2.05) is 30.3 Å². The third-order valence-electron chi connectivity index (χ3n) is 8.58. The van der Waals surface area contributed by atoms with E-state index >= 15 is 0 Å². The zero-order chi connectivity index (χ0) is 28.8. The van der Waals surface area contributed by atoms with Crippen LogP contribution in [0.1, 0.15) is 22.3 Å². The van der Waals surface area contributed by atoms with Crippen LogP contribution in [-0.2, 0) is 13.0 Å².